The number of hydrogen-bond donors (Lipinski definition) is 0. The Labute approximate surface area is 170 Å². The van der Waals surface area contributed by atoms with E-state index >= 15 is 0 Å². The highest BCUT2D eigenvalue weighted by atomic mass is 35.7. The van der Waals surface area contributed by atoms with Crippen molar-refractivity contribution in [2.24, 2.45) is 5.41 Å². The molecular formula is C21H24ClNO4S. The second kappa shape index (κ2) is 8.97. The standard InChI is InChI=1S/C21H24ClNO4S/c22-28(25,26)17-21(14-18-8-3-1-4-9-18)12-7-13-23(16-21)20(24)27-15-19-10-5-2-6-11-19/h1-6,8-11H,7,12-17H2. The average molecular weight is 422 g/mol. The molecule has 0 aliphatic carbocycles. The number of benzene rings is 2. The number of likely N-dealkylation sites (tertiary alicyclic amines) is 1. The number of ether oxygens (including phenoxy) is 1. The smallest absolute Gasteiger partial charge is 0.410 e. The summed E-state index contributed by atoms with van der Waals surface area (Å²) in [4.78, 5) is 14.2. The lowest BCUT2D eigenvalue weighted by Gasteiger charge is -2.42. The number of amides is 1. The van der Waals surface area contributed by atoms with Gasteiger partial charge in [-0.25, -0.2) is 13.2 Å². The molecule has 1 amide bonds. The van der Waals surface area contributed by atoms with Gasteiger partial charge in [0.15, 0.2) is 0 Å². The number of carbonyl (C=O) groups is 1. The van der Waals surface area contributed by atoms with Gasteiger partial charge in [0.05, 0.1) is 5.75 Å². The predicted molar refractivity (Wildman–Crippen MR) is 110 cm³/mol. The van der Waals surface area contributed by atoms with E-state index in [1.807, 2.05) is 60.7 Å². The monoisotopic (exact) mass is 421 g/mol. The molecule has 1 aliphatic heterocycles. The van der Waals surface area contributed by atoms with Crippen LogP contribution in [0.2, 0.25) is 0 Å². The molecule has 150 valence electrons. The molecule has 0 aromatic heterocycles. The Morgan fingerprint density at radius 1 is 1.04 bits per heavy atom. The third kappa shape index (κ3) is 5.97. The van der Waals surface area contributed by atoms with Crippen molar-refractivity contribution < 1.29 is 17.9 Å². The molecular weight excluding hydrogens is 398 g/mol. The highest BCUT2D eigenvalue weighted by Crippen LogP contribution is 2.36. The summed E-state index contributed by atoms with van der Waals surface area (Å²) in [5, 5.41) is 0. The molecule has 0 radical (unpaired) electrons. The van der Waals surface area contributed by atoms with Gasteiger partial charge in [0.1, 0.15) is 6.61 Å². The van der Waals surface area contributed by atoms with Crippen LogP contribution >= 0.6 is 10.7 Å². The Kier molecular flexibility index (Phi) is 6.62. The van der Waals surface area contributed by atoms with Crippen LogP contribution in [0.15, 0.2) is 60.7 Å². The van der Waals surface area contributed by atoms with Crippen molar-refractivity contribution in [2.45, 2.75) is 25.9 Å². The molecule has 0 spiro atoms. The third-order valence-electron chi connectivity index (χ3n) is 5.03. The molecule has 0 bridgehead atoms. The molecule has 2 aromatic carbocycles. The van der Waals surface area contributed by atoms with Crippen molar-refractivity contribution in [3.63, 3.8) is 0 Å². The molecule has 1 aliphatic rings. The van der Waals surface area contributed by atoms with Crippen LogP contribution in [0.1, 0.15) is 24.0 Å². The summed E-state index contributed by atoms with van der Waals surface area (Å²) in [6.07, 6.45) is 1.52. The zero-order valence-corrected chi connectivity index (χ0v) is 17.2. The van der Waals surface area contributed by atoms with Crippen LogP contribution in [-0.2, 0) is 26.8 Å². The summed E-state index contributed by atoms with van der Waals surface area (Å²) in [5.41, 5.74) is 1.32. The second-order valence-corrected chi connectivity index (χ2v) is 10.2. The minimum Gasteiger partial charge on any atom is -0.445 e. The van der Waals surface area contributed by atoms with Crippen LogP contribution in [0.5, 0.6) is 0 Å². The maximum atomic E-state index is 12.6. The predicted octanol–water partition coefficient (Wildman–Crippen LogP) is 4.22. The van der Waals surface area contributed by atoms with Crippen LogP contribution in [-0.4, -0.2) is 38.3 Å². The Morgan fingerprint density at radius 3 is 2.25 bits per heavy atom. The maximum absolute atomic E-state index is 12.6. The molecule has 1 saturated heterocycles. The molecule has 28 heavy (non-hydrogen) atoms. The van der Waals surface area contributed by atoms with Gasteiger partial charge < -0.3 is 9.64 Å². The van der Waals surface area contributed by atoms with Crippen LogP contribution in [0, 0.1) is 5.41 Å². The Morgan fingerprint density at radius 2 is 1.64 bits per heavy atom. The SMILES string of the molecule is O=C(OCc1ccccc1)N1CCCC(Cc2ccccc2)(CS(=O)(=O)Cl)C1. The second-order valence-electron chi connectivity index (χ2n) is 7.41. The zero-order valence-electron chi connectivity index (χ0n) is 15.6. The van der Waals surface area contributed by atoms with Gasteiger partial charge in [-0.15, -0.1) is 0 Å². The first-order valence-electron chi connectivity index (χ1n) is 9.27. The van der Waals surface area contributed by atoms with E-state index in [0.29, 0.717) is 32.4 Å². The van der Waals surface area contributed by atoms with E-state index in [-0.39, 0.29) is 12.4 Å². The molecule has 1 fully saturated rings. The highest BCUT2D eigenvalue weighted by Gasteiger charge is 2.41. The topological polar surface area (TPSA) is 63.7 Å². The number of halogens is 1. The minimum atomic E-state index is -3.71. The number of nitrogens with zero attached hydrogens (tertiary/aromatic N) is 1. The maximum Gasteiger partial charge on any atom is 0.410 e. The number of rotatable bonds is 6. The molecule has 2 aromatic rings. The summed E-state index contributed by atoms with van der Waals surface area (Å²) in [5.74, 6) is -0.168. The summed E-state index contributed by atoms with van der Waals surface area (Å²) in [6.45, 7) is 1.05. The van der Waals surface area contributed by atoms with Crippen molar-refractivity contribution >= 4 is 25.8 Å². The quantitative estimate of drug-likeness (QED) is 0.655. The summed E-state index contributed by atoms with van der Waals surface area (Å²) in [7, 11) is 1.92. The van der Waals surface area contributed by atoms with Crippen LogP contribution in [0.25, 0.3) is 0 Å². The third-order valence-corrected chi connectivity index (χ3v) is 6.31. The van der Waals surface area contributed by atoms with Crippen LogP contribution in [0.3, 0.4) is 0 Å². The van der Waals surface area contributed by atoms with Crippen molar-refractivity contribution in [1.29, 1.82) is 0 Å². The lowest BCUT2D eigenvalue weighted by molar-refractivity contribution is 0.0583. The van der Waals surface area contributed by atoms with E-state index in [2.05, 4.69) is 0 Å². The fraction of sp³-hybridized carbons (Fsp3) is 0.381. The van der Waals surface area contributed by atoms with Gasteiger partial charge in [-0.2, -0.15) is 0 Å². The van der Waals surface area contributed by atoms with E-state index in [1.165, 1.54) is 0 Å². The van der Waals surface area contributed by atoms with E-state index in [4.69, 9.17) is 15.4 Å². The number of carbonyl (C=O) groups excluding carboxylic acids is 1. The van der Waals surface area contributed by atoms with Crippen LogP contribution < -0.4 is 0 Å². The van der Waals surface area contributed by atoms with Gasteiger partial charge in [0, 0.05) is 29.2 Å². The molecule has 1 atom stereocenters. The van der Waals surface area contributed by atoms with E-state index in [1.54, 1.807) is 4.90 Å². The largest absolute Gasteiger partial charge is 0.445 e. The molecule has 5 nitrogen and oxygen atoms in total. The first kappa shape index (κ1) is 20.7. The van der Waals surface area contributed by atoms with E-state index < -0.39 is 20.6 Å². The van der Waals surface area contributed by atoms with Gasteiger partial charge in [0.2, 0.25) is 9.05 Å². The lowest BCUT2D eigenvalue weighted by atomic mass is 9.77. The molecule has 1 unspecified atom stereocenters. The Bertz CT molecular complexity index is 889. The van der Waals surface area contributed by atoms with Crippen molar-refractivity contribution in [3.05, 3.63) is 71.8 Å². The van der Waals surface area contributed by atoms with Gasteiger partial charge in [-0.05, 0) is 30.4 Å². The summed E-state index contributed by atoms with van der Waals surface area (Å²) >= 11 is 0. The first-order chi connectivity index (χ1) is 13.4. The Hall–Kier alpha value is -2.05. The van der Waals surface area contributed by atoms with Crippen molar-refractivity contribution in [3.8, 4) is 0 Å². The average Bonchev–Trinajstić information content (AvgIpc) is 2.66. The van der Waals surface area contributed by atoms with Crippen molar-refractivity contribution in [1.82, 2.24) is 4.90 Å². The molecule has 0 N–H and O–H groups in total. The van der Waals surface area contributed by atoms with Gasteiger partial charge in [-0.1, -0.05) is 60.7 Å². The van der Waals surface area contributed by atoms with Gasteiger partial charge in [0.25, 0.3) is 0 Å². The van der Waals surface area contributed by atoms with Crippen molar-refractivity contribution in [2.75, 3.05) is 18.8 Å². The molecule has 3 rings (SSSR count). The molecule has 0 saturated carbocycles. The van der Waals surface area contributed by atoms with E-state index in [0.717, 1.165) is 11.1 Å². The number of piperidine rings is 1. The molecule has 7 heteroatoms. The fourth-order valence-corrected chi connectivity index (χ4v) is 5.65. The van der Waals surface area contributed by atoms with Gasteiger partial charge in [-0.3, -0.25) is 0 Å². The summed E-state index contributed by atoms with van der Waals surface area (Å²) < 4.78 is 29.3. The molecule has 1 heterocycles. The first-order valence-corrected chi connectivity index (χ1v) is 11.8. The van der Waals surface area contributed by atoms with E-state index in [9.17, 15) is 13.2 Å². The zero-order chi connectivity index (χ0) is 20.0. The fourth-order valence-electron chi connectivity index (χ4n) is 3.88. The van der Waals surface area contributed by atoms with Crippen LogP contribution in [0.4, 0.5) is 4.79 Å². The Balaban J connectivity index is 1.72. The van der Waals surface area contributed by atoms with Gasteiger partial charge >= 0.3 is 6.09 Å². The lowest BCUT2D eigenvalue weighted by Crippen LogP contribution is -2.49. The number of hydrogen-bond acceptors (Lipinski definition) is 4. The highest BCUT2D eigenvalue weighted by molar-refractivity contribution is 8.13. The normalized spacial score (nSPS) is 20.0. The minimum absolute atomic E-state index is 0.168. The summed E-state index contributed by atoms with van der Waals surface area (Å²) in [6, 6.07) is 19.2.